The Labute approximate surface area is 145 Å². The molecule has 0 heterocycles. The minimum atomic E-state index is -4.40. The fourth-order valence-corrected chi connectivity index (χ4v) is 2.39. The highest BCUT2D eigenvalue weighted by Gasteiger charge is 2.29. The summed E-state index contributed by atoms with van der Waals surface area (Å²) in [5.41, 5.74) is -0.153. The van der Waals surface area contributed by atoms with Gasteiger partial charge in [-0.05, 0) is 35.9 Å². The summed E-state index contributed by atoms with van der Waals surface area (Å²) in [5.74, 6) is -0.437. The summed E-state index contributed by atoms with van der Waals surface area (Å²) in [5, 5.41) is 0.322. The Balaban J connectivity index is 2.20. The summed E-state index contributed by atoms with van der Waals surface area (Å²) in [7, 11) is 0. The Morgan fingerprint density at radius 2 is 1.52 bits per heavy atom. The van der Waals surface area contributed by atoms with Gasteiger partial charge in [0.05, 0.1) is 20.6 Å². The highest BCUT2D eigenvalue weighted by molar-refractivity contribution is 6.49. The van der Waals surface area contributed by atoms with Crippen LogP contribution in [-0.4, -0.2) is 5.78 Å². The molecule has 0 atom stereocenters. The van der Waals surface area contributed by atoms with Crippen molar-refractivity contribution in [2.45, 2.75) is 6.18 Å². The van der Waals surface area contributed by atoms with E-state index in [2.05, 4.69) is 0 Å². The smallest absolute Gasteiger partial charge is 0.289 e. The molecule has 0 aliphatic carbocycles. The van der Waals surface area contributed by atoms with Gasteiger partial charge >= 0.3 is 6.18 Å². The molecule has 2 aromatic carbocycles. The molecule has 0 aliphatic heterocycles. The maximum absolute atomic E-state index is 12.5. The maximum Gasteiger partial charge on any atom is 0.416 e. The summed E-state index contributed by atoms with van der Waals surface area (Å²) < 4.78 is 37.4. The molecule has 0 saturated heterocycles. The van der Waals surface area contributed by atoms with Gasteiger partial charge < -0.3 is 0 Å². The Morgan fingerprint density at radius 1 is 0.913 bits per heavy atom. The van der Waals surface area contributed by atoms with E-state index in [-0.39, 0.29) is 20.6 Å². The van der Waals surface area contributed by atoms with Crippen molar-refractivity contribution in [3.05, 3.63) is 74.2 Å². The van der Waals surface area contributed by atoms with Gasteiger partial charge in [-0.2, -0.15) is 13.2 Å². The monoisotopic (exact) mass is 378 g/mol. The molecular weight excluding hydrogens is 372 g/mol. The van der Waals surface area contributed by atoms with Gasteiger partial charge in [-0.25, -0.2) is 0 Å². The molecule has 0 fully saturated rings. The lowest BCUT2D eigenvalue weighted by atomic mass is 10.1. The van der Waals surface area contributed by atoms with Crippen LogP contribution in [-0.2, 0) is 6.18 Å². The lowest BCUT2D eigenvalue weighted by molar-refractivity contribution is -0.137. The second kappa shape index (κ2) is 6.95. The first-order valence-electron chi connectivity index (χ1n) is 6.23. The largest absolute Gasteiger partial charge is 0.416 e. The lowest BCUT2D eigenvalue weighted by Gasteiger charge is -2.06. The van der Waals surface area contributed by atoms with Crippen LogP contribution >= 0.6 is 34.8 Å². The molecule has 0 amide bonds. The van der Waals surface area contributed by atoms with Crippen molar-refractivity contribution in [3.63, 3.8) is 0 Å². The third kappa shape index (κ3) is 4.28. The summed E-state index contributed by atoms with van der Waals surface area (Å²) in [6.07, 6.45) is -1.80. The Bertz CT molecular complexity index is 765. The predicted molar refractivity (Wildman–Crippen MR) is 86.3 cm³/mol. The van der Waals surface area contributed by atoms with Gasteiger partial charge in [0.15, 0.2) is 5.78 Å². The Kier molecular flexibility index (Phi) is 5.40. The predicted octanol–water partition coefficient (Wildman–Crippen LogP) is 6.56. The van der Waals surface area contributed by atoms with Crippen molar-refractivity contribution in [1.29, 1.82) is 0 Å². The van der Waals surface area contributed by atoms with E-state index < -0.39 is 17.5 Å². The van der Waals surface area contributed by atoms with Gasteiger partial charge in [-0.1, -0.05) is 53.0 Å². The first-order chi connectivity index (χ1) is 10.7. The van der Waals surface area contributed by atoms with Crippen molar-refractivity contribution in [1.82, 2.24) is 0 Å². The minimum Gasteiger partial charge on any atom is -0.289 e. The highest BCUT2D eigenvalue weighted by Crippen LogP contribution is 2.33. The van der Waals surface area contributed by atoms with Crippen molar-refractivity contribution in [2.75, 3.05) is 0 Å². The standard InChI is InChI=1S/C16H8Cl3F3O/c17-12-7-6-11(14(18)15(12)19)13(23)8-3-9-1-4-10(5-2-9)16(20,21)22/h1-8H. The van der Waals surface area contributed by atoms with Crippen LogP contribution < -0.4 is 0 Å². The molecule has 0 saturated carbocycles. The third-order valence-corrected chi connectivity index (χ3v) is 4.26. The van der Waals surface area contributed by atoms with Gasteiger partial charge in [-0.3, -0.25) is 4.79 Å². The third-order valence-electron chi connectivity index (χ3n) is 2.97. The van der Waals surface area contributed by atoms with E-state index >= 15 is 0 Å². The topological polar surface area (TPSA) is 17.1 Å². The fourth-order valence-electron chi connectivity index (χ4n) is 1.76. The van der Waals surface area contributed by atoms with Crippen LogP contribution in [0.25, 0.3) is 6.08 Å². The molecule has 0 radical (unpaired) electrons. The maximum atomic E-state index is 12.5. The van der Waals surface area contributed by atoms with Crippen LogP contribution in [0.1, 0.15) is 21.5 Å². The zero-order chi connectivity index (χ0) is 17.2. The Morgan fingerprint density at radius 3 is 2.09 bits per heavy atom. The van der Waals surface area contributed by atoms with Crippen LogP contribution in [0.4, 0.5) is 13.2 Å². The van der Waals surface area contributed by atoms with Gasteiger partial charge in [0.1, 0.15) is 0 Å². The van der Waals surface area contributed by atoms with Crippen LogP contribution in [0.5, 0.6) is 0 Å². The number of hydrogen-bond donors (Lipinski definition) is 0. The van der Waals surface area contributed by atoms with E-state index in [0.717, 1.165) is 12.1 Å². The van der Waals surface area contributed by atoms with Crippen LogP contribution in [0.15, 0.2) is 42.5 Å². The van der Waals surface area contributed by atoms with Crippen molar-refractivity contribution in [3.8, 4) is 0 Å². The number of carbonyl (C=O) groups is 1. The average Bonchev–Trinajstić information content (AvgIpc) is 2.50. The van der Waals surface area contributed by atoms with E-state index in [0.29, 0.717) is 5.56 Å². The second-order valence-corrected chi connectivity index (χ2v) is 5.70. The fraction of sp³-hybridized carbons (Fsp3) is 0.0625. The van der Waals surface area contributed by atoms with E-state index in [4.69, 9.17) is 34.8 Å². The van der Waals surface area contributed by atoms with Crippen molar-refractivity contribution in [2.24, 2.45) is 0 Å². The molecule has 0 aliphatic rings. The molecule has 0 unspecified atom stereocenters. The molecule has 1 nitrogen and oxygen atoms in total. The second-order valence-electron chi connectivity index (χ2n) is 4.54. The number of alkyl halides is 3. The molecule has 0 spiro atoms. The number of allylic oxidation sites excluding steroid dienone is 1. The van der Waals surface area contributed by atoms with E-state index in [9.17, 15) is 18.0 Å². The number of benzene rings is 2. The summed E-state index contributed by atoms with van der Waals surface area (Å²) in [6.45, 7) is 0. The van der Waals surface area contributed by atoms with Crippen molar-refractivity contribution < 1.29 is 18.0 Å². The molecule has 2 rings (SSSR count). The molecule has 7 heteroatoms. The molecule has 0 aromatic heterocycles. The first-order valence-corrected chi connectivity index (χ1v) is 7.36. The summed E-state index contributed by atoms with van der Waals surface area (Å²) in [4.78, 5) is 12.1. The Hall–Kier alpha value is -1.49. The van der Waals surface area contributed by atoms with Crippen LogP contribution in [0.3, 0.4) is 0 Å². The number of rotatable bonds is 3. The van der Waals surface area contributed by atoms with E-state index in [1.54, 1.807) is 0 Å². The van der Waals surface area contributed by atoms with Crippen LogP contribution in [0, 0.1) is 0 Å². The molecule has 0 N–H and O–H groups in total. The van der Waals surface area contributed by atoms with E-state index in [1.165, 1.54) is 36.4 Å². The quantitative estimate of drug-likeness (QED) is 0.335. The zero-order valence-corrected chi connectivity index (χ0v) is 13.6. The zero-order valence-electron chi connectivity index (χ0n) is 11.3. The highest BCUT2D eigenvalue weighted by atomic mass is 35.5. The van der Waals surface area contributed by atoms with Gasteiger partial charge in [0, 0.05) is 5.56 Å². The molecule has 120 valence electrons. The number of halogens is 6. The molecule has 2 aromatic rings. The normalized spacial score (nSPS) is 11.9. The number of carbonyl (C=O) groups excluding carboxylic acids is 1. The van der Waals surface area contributed by atoms with E-state index in [1.807, 2.05) is 0 Å². The SMILES string of the molecule is O=C(C=Cc1ccc(C(F)(F)F)cc1)c1ccc(Cl)c(Cl)c1Cl. The van der Waals surface area contributed by atoms with Gasteiger partial charge in [0.2, 0.25) is 0 Å². The molecular formula is C16H8Cl3F3O. The summed E-state index contributed by atoms with van der Waals surface area (Å²) in [6, 6.07) is 7.28. The first kappa shape index (κ1) is 17.9. The van der Waals surface area contributed by atoms with Crippen molar-refractivity contribution >= 4 is 46.7 Å². The number of ketones is 1. The van der Waals surface area contributed by atoms with Gasteiger partial charge in [0.25, 0.3) is 0 Å². The lowest BCUT2D eigenvalue weighted by Crippen LogP contribution is -2.04. The molecule has 23 heavy (non-hydrogen) atoms. The van der Waals surface area contributed by atoms with Gasteiger partial charge in [-0.15, -0.1) is 0 Å². The number of hydrogen-bond acceptors (Lipinski definition) is 1. The minimum absolute atomic E-state index is 0.0289. The summed E-state index contributed by atoms with van der Waals surface area (Å²) >= 11 is 17.6. The molecule has 0 bridgehead atoms. The average molecular weight is 380 g/mol. The van der Waals surface area contributed by atoms with Crippen LogP contribution in [0.2, 0.25) is 15.1 Å².